The molecule has 0 saturated carbocycles. The second kappa shape index (κ2) is 6.89. The van der Waals surface area contributed by atoms with Gasteiger partial charge in [-0.15, -0.1) is 0 Å². The van der Waals surface area contributed by atoms with Crippen LogP contribution in [0.1, 0.15) is 23.7 Å². The number of amides is 1. The number of hydrogen-bond donors (Lipinski definition) is 1. The Bertz CT molecular complexity index is 442. The minimum Gasteiger partial charge on any atom is -0.467 e. The highest BCUT2D eigenvalue weighted by atomic mass is 79.9. The first-order valence-electron chi connectivity index (χ1n) is 5.32. The summed E-state index contributed by atoms with van der Waals surface area (Å²) in [6, 6.07) is 4.57. The second-order valence-electron chi connectivity index (χ2n) is 3.62. The van der Waals surface area contributed by atoms with Crippen LogP contribution < -0.4 is 5.32 Å². The maximum absolute atomic E-state index is 12.0. The average molecular weight is 379 g/mol. The normalized spacial score (nSPS) is 11.8. The van der Waals surface area contributed by atoms with Crippen LogP contribution in [-0.4, -0.2) is 25.0 Å². The van der Waals surface area contributed by atoms with E-state index in [1.165, 1.54) is 7.11 Å². The van der Waals surface area contributed by atoms with E-state index in [0.29, 0.717) is 12.0 Å². The van der Waals surface area contributed by atoms with Crippen molar-refractivity contribution in [2.75, 3.05) is 7.11 Å². The predicted octanol–water partition coefficient (Wildman–Crippen LogP) is 2.89. The molecule has 0 radical (unpaired) electrons. The molecule has 1 aromatic rings. The Balaban J connectivity index is 2.84. The average Bonchev–Trinajstić information content (AvgIpc) is 2.33. The molecule has 6 heteroatoms. The van der Waals surface area contributed by atoms with Crippen LogP contribution in [0.25, 0.3) is 0 Å². The van der Waals surface area contributed by atoms with Crippen molar-refractivity contribution in [2.45, 2.75) is 19.4 Å². The van der Waals surface area contributed by atoms with Crippen molar-refractivity contribution in [3.63, 3.8) is 0 Å². The molecule has 0 fully saturated rings. The number of methoxy groups -OCH3 is 1. The Labute approximate surface area is 122 Å². The van der Waals surface area contributed by atoms with Crippen molar-refractivity contribution >= 4 is 43.7 Å². The van der Waals surface area contributed by atoms with Crippen molar-refractivity contribution in [3.05, 3.63) is 32.7 Å². The summed E-state index contributed by atoms with van der Waals surface area (Å²) < 4.78 is 6.19. The fraction of sp³-hybridized carbons (Fsp3) is 0.333. The number of hydrogen-bond acceptors (Lipinski definition) is 3. The van der Waals surface area contributed by atoms with Crippen molar-refractivity contribution in [1.82, 2.24) is 5.32 Å². The molecule has 0 spiro atoms. The van der Waals surface area contributed by atoms with Gasteiger partial charge in [-0.05, 0) is 24.6 Å². The van der Waals surface area contributed by atoms with Gasteiger partial charge in [0.05, 0.1) is 7.11 Å². The Hall–Kier alpha value is -0.880. The van der Waals surface area contributed by atoms with Gasteiger partial charge in [-0.1, -0.05) is 38.8 Å². The quantitative estimate of drug-likeness (QED) is 0.819. The Morgan fingerprint density at radius 3 is 2.28 bits per heavy atom. The number of esters is 1. The number of rotatable bonds is 4. The molecule has 1 rings (SSSR count). The third-order valence-electron chi connectivity index (χ3n) is 2.32. The molecule has 0 aromatic heterocycles. The van der Waals surface area contributed by atoms with Gasteiger partial charge in [0.1, 0.15) is 6.04 Å². The predicted molar refractivity (Wildman–Crippen MR) is 75.4 cm³/mol. The van der Waals surface area contributed by atoms with Crippen molar-refractivity contribution < 1.29 is 14.3 Å². The fourth-order valence-corrected chi connectivity index (χ4v) is 2.69. The molecule has 18 heavy (non-hydrogen) atoms. The Kier molecular flexibility index (Phi) is 5.81. The first kappa shape index (κ1) is 15.2. The van der Waals surface area contributed by atoms with E-state index in [-0.39, 0.29) is 5.91 Å². The molecule has 0 aliphatic heterocycles. The summed E-state index contributed by atoms with van der Waals surface area (Å²) in [6.07, 6.45) is 0.480. The van der Waals surface area contributed by atoms with Crippen LogP contribution in [-0.2, 0) is 9.53 Å². The van der Waals surface area contributed by atoms with Crippen LogP contribution in [0.2, 0.25) is 0 Å². The van der Waals surface area contributed by atoms with Gasteiger partial charge in [0, 0.05) is 14.5 Å². The molecule has 98 valence electrons. The van der Waals surface area contributed by atoms with E-state index in [2.05, 4.69) is 41.9 Å². The molecule has 1 aromatic carbocycles. The van der Waals surface area contributed by atoms with Gasteiger partial charge in [0.15, 0.2) is 0 Å². The van der Waals surface area contributed by atoms with Crippen LogP contribution in [0.5, 0.6) is 0 Å². The SMILES string of the molecule is CC[C@H](NC(=O)c1cc(Br)cc(Br)c1)C(=O)OC. The van der Waals surface area contributed by atoms with Crippen LogP contribution in [0.3, 0.4) is 0 Å². The lowest BCUT2D eigenvalue weighted by atomic mass is 10.1. The standard InChI is InChI=1S/C12H13Br2NO3/c1-3-10(12(17)18-2)15-11(16)7-4-8(13)6-9(14)5-7/h4-6,10H,3H2,1-2H3,(H,15,16)/t10-/m0/s1. The molecule has 1 atom stereocenters. The lowest BCUT2D eigenvalue weighted by Crippen LogP contribution is -2.41. The number of halogens is 2. The van der Waals surface area contributed by atoms with Gasteiger partial charge in [-0.25, -0.2) is 4.79 Å². The molecule has 1 amide bonds. The molecule has 0 aliphatic carbocycles. The van der Waals surface area contributed by atoms with Gasteiger partial charge in [0.25, 0.3) is 5.91 Å². The van der Waals surface area contributed by atoms with Crippen LogP contribution in [0.15, 0.2) is 27.1 Å². The third kappa shape index (κ3) is 4.10. The molecule has 0 heterocycles. The zero-order valence-electron chi connectivity index (χ0n) is 10.00. The molecule has 1 N–H and O–H groups in total. The van der Waals surface area contributed by atoms with Crippen LogP contribution >= 0.6 is 31.9 Å². The van der Waals surface area contributed by atoms with E-state index >= 15 is 0 Å². The zero-order valence-corrected chi connectivity index (χ0v) is 13.2. The van der Waals surface area contributed by atoms with E-state index in [9.17, 15) is 9.59 Å². The Morgan fingerprint density at radius 1 is 1.28 bits per heavy atom. The first-order chi connectivity index (χ1) is 8.47. The topological polar surface area (TPSA) is 55.4 Å². The molecule has 0 aliphatic rings. The summed E-state index contributed by atoms with van der Waals surface area (Å²) in [5.74, 6) is -0.755. The molecule has 0 saturated heterocycles. The second-order valence-corrected chi connectivity index (χ2v) is 5.45. The smallest absolute Gasteiger partial charge is 0.328 e. The highest BCUT2D eigenvalue weighted by Crippen LogP contribution is 2.20. The summed E-state index contributed by atoms with van der Waals surface area (Å²) in [5.41, 5.74) is 0.471. The molecule has 0 unspecified atom stereocenters. The zero-order chi connectivity index (χ0) is 13.7. The maximum atomic E-state index is 12.0. The maximum Gasteiger partial charge on any atom is 0.328 e. The number of nitrogens with one attached hydrogen (secondary N) is 1. The summed E-state index contributed by atoms with van der Waals surface area (Å²) in [5, 5.41) is 2.63. The monoisotopic (exact) mass is 377 g/mol. The summed E-state index contributed by atoms with van der Waals surface area (Å²) in [4.78, 5) is 23.4. The molecule has 0 bridgehead atoms. The van der Waals surface area contributed by atoms with E-state index in [0.717, 1.165) is 8.95 Å². The van der Waals surface area contributed by atoms with Crippen LogP contribution in [0.4, 0.5) is 0 Å². The summed E-state index contributed by atoms with van der Waals surface area (Å²) >= 11 is 6.61. The van der Waals surface area contributed by atoms with Crippen molar-refractivity contribution in [2.24, 2.45) is 0 Å². The number of benzene rings is 1. The van der Waals surface area contributed by atoms with Crippen LogP contribution in [0, 0.1) is 0 Å². The van der Waals surface area contributed by atoms with Crippen molar-refractivity contribution in [1.29, 1.82) is 0 Å². The van der Waals surface area contributed by atoms with E-state index in [4.69, 9.17) is 0 Å². The molecular weight excluding hydrogens is 366 g/mol. The van der Waals surface area contributed by atoms with Gasteiger partial charge >= 0.3 is 5.97 Å². The highest BCUT2D eigenvalue weighted by molar-refractivity contribution is 9.11. The number of carbonyl (C=O) groups excluding carboxylic acids is 2. The lowest BCUT2D eigenvalue weighted by Gasteiger charge is -2.14. The number of ether oxygens (including phenoxy) is 1. The minimum absolute atomic E-state index is 0.311. The minimum atomic E-state index is -0.625. The molecular formula is C12H13Br2NO3. The third-order valence-corrected chi connectivity index (χ3v) is 3.24. The van der Waals surface area contributed by atoms with E-state index < -0.39 is 12.0 Å². The fourth-order valence-electron chi connectivity index (χ4n) is 1.40. The highest BCUT2D eigenvalue weighted by Gasteiger charge is 2.20. The lowest BCUT2D eigenvalue weighted by molar-refractivity contribution is -0.142. The molecule has 4 nitrogen and oxygen atoms in total. The van der Waals surface area contributed by atoms with E-state index in [1.807, 2.05) is 6.07 Å². The Morgan fingerprint density at radius 2 is 1.83 bits per heavy atom. The van der Waals surface area contributed by atoms with E-state index in [1.54, 1.807) is 19.1 Å². The van der Waals surface area contributed by atoms with Gasteiger partial charge < -0.3 is 10.1 Å². The van der Waals surface area contributed by atoms with Gasteiger partial charge in [-0.2, -0.15) is 0 Å². The first-order valence-corrected chi connectivity index (χ1v) is 6.91. The van der Waals surface area contributed by atoms with Crippen molar-refractivity contribution in [3.8, 4) is 0 Å². The summed E-state index contributed by atoms with van der Waals surface area (Å²) in [7, 11) is 1.30. The largest absolute Gasteiger partial charge is 0.467 e. The number of carbonyl (C=O) groups is 2. The summed E-state index contributed by atoms with van der Waals surface area (Å²) in [6.45, 7) is 1.80. The van der Waals surface area contributed by atoms with Gasteiger partial charge in [-0.3, -0.25) is 4.79 Å². The van der Waals surface area contributed by atoms with Gasteiger partial charge in [0.2, 0.25) is 0 Å².